The molecule has 0 unspecified atom stereocenters. The van der Waals surface area contributed by atoms with Gasteiger partial charge in [-0.25, -0.2) is 4.39 Å². The molecule has 0 N–H and O–H groups in total. The number of halogens is 1. The molecule has 1 saturated heterocycles. The highest BCUT2D eigenvalue weighted by molar-refractivity contribution is 5.75. The van der Waals surface area contributed by atoms with Crippen molar-refractivity contribution in [3.8, 4) is 0 Å². The topological polar surface area (TPSA) is 29.5 Å². The minimum Gasteiger partial charge on any atom is -0.468 e. The quantitative estimate of drug-likeness (QED) is 0.753. The van der Waals surface area contributed by atoms with Crippen molar-refractivity contribution < 1.29 is 13.9 Å². The number of nitrogens with zero attached hydrogens (tertiary/aromatic N) is 1. The lowest BCUT2D eigenvalue weighted by Gasteiger charge is -2.22. The monoisotopic (exact) mass is 237 g/mol. The Morgan fingerprint density at radius 2 is 2.41 bits per heavy atom. The van der Waals surface area contributed by atoms with Crippen LogP contribution >= 0.6 is 0 Å². The van der Waals surface area contributed by atoms with Gasteiger partial charge in [-0.05, 0) is 37.1 Å². The largest absolute Gasteiger partial charge is 0.468 e. The third-order valence-electron chi connectivity index (χ3n) is 3.11. The van der Waals surface area contributed by atoms with Gasteiger partial charge in [-0.3, -0.25) is 9.69 Å². The van der Waals surface area contributed by atoms with Gasteiger partial charge in [0.15, 0.2) is 0 Å². The van der Waals surface area contributed by atoms with Crippen LogP contribution in [0.1, 0.15) is 18.4 Å². The summed E-state index contributed by atoms with van der Waals surface area (Å²) in [7, 11) is 1.40. The molecule has 0 aromatic heterocycles. The number of benzene rings is 1. The molecule has 1 atom stereocenters. The number of ether oxygens (including phenoxy) is 1. The van der Waals surface area contributed by atoms with Crippen molar-refractivity contribution in [3.63, 3.8) is 0 Å². The standard InChI is InChI=1S/C13H16FNO2/c1-17-13(16)12-6-3-7-15(12)9-10-4-2-5-11(14)8-10/h2,4-5,8,12H,3,6-7,9H2,1H3/t12-/m0/s1. The highest BCUT2D eigenvalue weighted by Crippen LogP contribution is 2.21. The second-order valence-electron chi connectivity index (χ2n) is 4.28. The van der Waals surface area contributed by atoms with Crippen molar-refractivity contribution in [2.45, 2.75) is 25.4 Å². The maximum absolute atomic E-state index is 13.1. The zero-order valence-electron chi connectivity index (χ0n) is 9.86. The van der Waals surface area contributed by atoms with Gasteiger partial charge in [0, 0.05) is 6.54 Å². The molecular weight excluding hydrogens is 221 g/mol. The highest BCUT2D eigenvalue weighted by Gasteiger charge is 2.31. The van der Waals surface area contributed by atoms with Crippen LogP contribution in [-0.2, 0) is 16.1 Å². The maximum atomic E-state index is 13.1. The molecular formula is C13H16FNO2. The van der Waals surface area contributed by atoms with E-state index in [0.717, 1.165) is 24.9 Å². The van der Waals surface area contributed by atoms with Gasteiger partial charge >= 0.3 is 5.97 Å². The fourth-order valence-corrected chi connectivity index (χ4v) is 2.29. The average Bonchev–Trinajstić information content (AvgIpc) is 2.76. The van der Waals surface area contributed by atoms with Crippen LogP contribution < -0.4 is 0 Å². The van der Waals surface area contributed by atoms with Gasteiger partial charge in [0.05, 0.1) is 7.11 Å². The zero-order valence-corrected chi connectivity index (χ0v) is 9.86. The third kappa shape index (κ3) is 2.82. The normalized spacial score (nSPS) is 20.5. The van der Waals surface area contributed by atoms with Crippen molar-refractivity contribution in [2.75, 3.05) is 13.7 Å². The number of carbonyl (C=O) groups is 1. The fourth-order valence-electron chi connectivity index (χ4n) is 2.29. The molecule has 0 radical (unpaired) electrons. The van der Waals surface area contributed by atoms with E-state index >= 15 is 0 Å². The van der Waals surface area contributed by atoms with Crippen LogP contribution in [0, 0.1) is 5.82 Å². The van der Waals surface area contributed by atoms with Crippen LogP contribution in [0.2, 0.25) is 0 Å². The van der Waals surface area contributed by atoms with Crippen molar-refractivity contribution >= 4 is 5.97 Å². The Morgan fingerprint density at radius 3 is 3.12 bits per heavy atom. The molecule has 0 bridgehead atoms. The van der Waals surface area contributed by atoms with Crippen molar-refractivity contribution in [1.82, 2.24) is 4.90 Å². The Hall–Kier alpha value is -1.42. The Labute approximate surface area is 100 Å². The number of esters is 1. The smallest absolute Gasteiger partial charge is 0.323 e. The van der Waals surface area contributed by atoms with Gasteiger partial charge in [-0.1, -0.05) is 12.1 Å². The molecule has 1 aliphatic heterocycles. The molecule has 0 spiro atoms. The molecule has 0 amide bonds. The summed E-state index contributed by atoms with van der Waals surface area (Å²) in [6.45, 7) is 1.45. The number of hydrogen-bond donors (Lipinski definition) is 0. The number of likely N-dealkylation sites (tertiary alicyclic amines) is 1. The van der Waals surface area contributed by atoms with E-state index in [-0.39, 0.29) is 17.8 Å². The minimum absolute atomic E-state index is 0.178. The predicted molar refractivity (Wildman–Crippen MR) is 61.8 cm³/mol. The summed E-state index contributed by atoms with van der Waals surface area (Å²) in [4.78, 5) is 13.6. The Morgan fingerprint density at radius 1 is 1.59 bits per heavy atom. The molecule has 92 valence electrons. The molecule has 2 rings (SSSR count). The van der Waals surface area contributed by atoms with Crippen molar-refractivity contribution in [1.29, 1.82) is 0 Å². The van der Waals surface area contributed by atoms with Gasteiger partial charge in [0.1, 0.15) is 11.9 Å². The van der Waals surface area contributed by atoms with Gasteiger partial charge in [0.2, 0.25) is 0 Å². The Bertz CT molecular complexity index is 408. The van der Waals surface area contributed by atoms with Gasteiger partial charge in [-0.2, -0.15) is 0 Å². The zero-order chi connectivity index (χ0) is 12.3. The lowest BCUT2D eigenvalue weighted by atomic mass is 10.2. The molecule has 3 nitrogen and oxygen atoms in total. The van der Waals surface area contributed by atoms with E-state index in [0.29, 0.717) is 6.54 Å². The molecule has 1 aromatic rings. The van der Waals surface area contributed by atoms with E-state index in [9.17, 15) is 9.18 Å². The van der Waals surface area contributed by atoms with E-state index in [2.05, 4.69) is 0 Å². The number of rotatable bonds is 3. The first-order valence-electron chi connectivity index (χ1n) is 5.77. The lowest BCUT2D eigenvalue weighted by Crippen LogP contribution is -2.36. The molecule has 0 saturated carbocycles. The van der Waals surface area contributed by atoms with Crippen LogP contribution in [0.5, 0.6) is 0 Å². The summed E-state index contributed by atoms with van der Waals surface area (Å²) in [5, 5.41) is 0. The van der Waals surface area contributed by atoms with Gasteiger partial charge < -0.3 is 4.74 Å². The van der Waals surface area contributed by atoms with E-state index in [1.54, 1.807) is 6.07 Å². The van der Waals surface area contributed by atoms with Crippen LogP contribution in [0.15, 0.2) is 24.3 Å². The van der Waals surface area contributed by atoms with Crippen LogP contribution in [-0.4, -0.2) is 30.6 Å². The molecule has 4 heteroatoms. The maximum Gasteiger partial charge on any atom is 0.323 e. The Balaban J connectivity index is 2.05. The molecule has 1 aromatic carbocycles. The summed E-state index contributed by atoms with van der Waals surface area (Å²) in [6.07, 6.45) is 1.80. The molecule has 1 heterocycles. The number of methoxy groups -OCH3 is 1. The van der Waals surface area contributed by atoms with E-state index in [1.165, 1.54) is 19.2 Å². The summed E-state index contributed by atoms with van der Waals surface area (Å²) in [5.41, 5.74) is 0.890. The van der Waals surface area contributed by atoms with Crippen molar-refractivity contribution in [2.24, 2.45) is 0 Å². The first-order chi connectivity index (χ1) is 8.20. The van der Waals surface area contributed by atoms with Crippen LogP contribution in [0.3, 0.4) is 0 Å². The average molecular weight is 237 g/mol. The summed E-state index contributed by atoms with van der Waals surface area (Å²) >= 11 is 0. The fraction of sp³-hybridized carbons (Fsp3) is 0.462. The summed E-state index contributed by atoms with van der Waals surface area (Å²) in [6, 6.07) is 6.31. The van der Waals surface area contributed by atoms with Crippen LogP contribution in [0.25, 0.3) is 0 Å². The SMILES string of the molecule is COC(=O)[C@@H]1CCCN1Cc1cccc(F)c1. The van der Waals surface area contributed by atoms with Crippen LogP contribution in [0.4, 0.5) is 4.39 Å². The van der Waals surface area contributed by atoms with Crippen molar-refractivity contribution in [3.05, 3.63) is 35.6 Å². The molecule has 1 fully saturated rings. The van der Waals surface area contributed by atoms with E-state index in [4.69, 9.17) is 4.74 Å². The minimum atomic E-state index is -0.240. The second-order valence-corrected chi connectivity index (χ2v) is 4.28. The molecule has 0 aliphatic carbocycles. The summed E-state index contributed by atoms with van der Waals surface area (Å²) in [5.74, 6) is -0.435. The van der Waals surface area contributed by atoms with Gasteiger partial charge in [-0.15, -0.1) is 0 Å². The first-order valence-corrected chi connectivity index (χ1v) is 5.77. The predicted octanol–water partition coefficient (Wildman–Crippen LogP) is 1.96. The molecule has 1 aliphatic rings. The second kappa shape index (κ2) is 5.27. The van der Waals surface area contributed by atoms with Gasteiger partial charge in [0.25, 0.3) is 0 Å². The van der Waals surface area contributed by atoms with E-state index in [1.807, 2.05) is 11.0 Å². The first kappa shape index (κ1) is 12.0. The van der Waals surface area contributed by atoms with E-state index < -0.39 is 0 Å². The lowest BCUT2D eigenvalue weighted by molar-refractivity contribution is -0.146. The third-order valence-corrected chi connectivity index (χ3v) is 3.11. The summed E-state index contributed by atoms with van der Waals surface area (Å²) < 4.78 is 17.8. The highest BCUT2D eigenvalue weighted by atomic mass is 19.1. The number of carbonyl (C=O) groups excluding carboxylic acids is 1. The molecule has 17 heavy (non-hydrogen) atoms. The Kier molecular flexibility index (Phi) is 3.74. The number of hydrogen-bond acceptors (Lipinski definition) is 3.